The lowest BCUT2D eigenvalue weighted by Gasteiger charge is -2.20. The van der Waals surface area contributed by atoms with Crippen LogP contribution in [-0.4, -0.2) is 17.7 Å². The molecule has 0 bridgehead atoms. The van der Waals surface area contributed by atoms with Crippen LogP contribution >= 0.6 is 11.6 Å². The molecule has 2 aromatic carbocycles. The van der Waals surface area contributed by atoms with E-state index >= 15 is 0 Å². The van der Waals surface area contributed by atoms with Gasteiger partial charge in [-0.05, 0) is 36.8 Å². The lowest BCUT2D eigenvalue weighted by atomic mass is 10.0. The molecule has 2 aromatic rings. The van der Waals surface area contributed by atoms with Crippen molar-refractivity contribution in [3.8, 4) is 17.2 Å². The highest BCUT2D eigenvalue weighted by Gasteiger charge is 2.30. The molecule has 0 unspecified atom stereocenters. The van der Waals surface area contributed by atoms with Gasteiger partial charge in [0.05, 0.1) is 12.2 Å². The number of ketones is 1. The number of hydrogen-bond donors (Lipinski definition) is 1. The van der Waals surface area contributed by atoms with E-state index in [1.54, 1.807) is 25.1 Å². The van der Waals surface area contributed by atoms with E-state index in [1.807, 2.05) is 0 Å². The maximum Gasteiger partial charge on any atom is 0.232 e. The Kier molecular flexibility index (Phi) is 3.48. The average Bonchev–Trinajstić information content (AvgIpc) is 2.83. The van der Waals surface area contributed by atoms with Crippen molar-refractivity contribution in [1.82, 2.24) is 0 Å². The number of aryl methyl sites for hydroxylation is 1. The van der Waals surface area contributed by atoms with Crippen LogP contribution in [0.3, 0.4) is 0 Å². The summed E-state index contributed by atoms with van der Waals surface area (Å²) in [6, 6.07) is 6.44. The first-order valence-corrected chi connectivity index (χ1v) is 7.71. The van der Waals surface area contributed by atoms with Crippen LogP contribution in [0.2, 0.25) is 5.02 Å². The number of rotatable bonds is 1. The molecular weight excluding hydrogens is 332 g/mol. The third-order valence-electron chi connectivity index (χ3n) is 3.94. The van der Waals surface area contributed by atoms with Crippen LogP contribution in [0.4, 0.5) is 0 Å². The lowest BCUT2D eigenvalue weighted by Crippen LogP contribution is -2.12. The van der Waals surface area contributed by atoms with E-state index in [0.29, 0.717) is 39.8 Å². The Hall–Kier alpha value is -2.50. The Morgan fingerprint density at radius 3 is 2.92 bits per heavy atom. The number of benzene rings is 2. The first-order chi connectivity index (χ1) is 11.5. The standard InChI is InChI=1S/C18H13ClO5/c1-9-2-13(20)6-14-16(9)17(21)15(24-14)5-10-3-12(19)4-11-7-22-8-23-18(10)11/h2-6,20H,7-8H2,1H3/b15-5-. The van der Waals surface area contributed by atoms with Crippen molar-refractivity contribution in [1.29, 1.82) is 0 Å². The molecule has 4 rings (SSSR count). The van der Waals surface area contributed by atoms with E-state index in [4.69, 9.17) is 25.8 Å². The zero-order valence-corrected chi connectivity index (χ0v) is 13.5. The molecule has 122 valence electrons. The van der Waals surface area contributed by atoms with Crippen molar-refractivity contribution in [2.45, 2.75) is 13.5 Å². The van der Waals surface area contributed by atoms with Crippen molar-refractivity contribution in [3.63, 3.8) is 0 Å². The quantitative estimate of drug-likeness (QED) is 0.796. The van der Waals surface area contributed by atoms with Gasteiger partial charge in [0.1, 0.15) is 17.2 Å². The van der Waals surface area contributed by atoms with Crippen LogP contribution in [-0.2, 0) is 11.3 Å². The fourth-order valence-electron chi connectivity index (χ4n) is 2.95. The summed E-state index contributed by atoms with van der Waals surface area (Å²) in [5.41, 5.74) is 2.59. The molecule has 2 heterocycles. The molecule has 2 aliphatic rings. The molecule has 1 N–H and O–H groups in total. The van der Waals surface area contributed by atoms with E-state index in [-0.39, 0.29) is 24.1 Å². The second-order valence-corrected chi connectivity index (χ2v) is 6.11. The van der Waals surface area contributed by atoms with Crippen molar-refractivity contribution in [3.05, 3.63) is 57.3 Å². The molecule has 0 aliphatic carbocycles. The van der Waals surface area contributed by atoms with Gasteiger partial charge in [-0.2, -0.15) is 0 Å². The number of hydrogen-bond acceptors (Lipinski definition) is 5. The third kappa shape index (κ3) is 2.42. The van der Waals surface area contributed by atoms with Crippen molar-refractivity contribution < 1.29 is 24.1 Å². The average molecular weight is 345 g/mol. The number of phenols is 1. The van der Waals surface area contributed by atoms with Crippen LogP contribution in [0.15, 0.2) is 30.0 Å². The van der Waals surface area contributed by atoms with Gasteiger partial charge >= 0.3 is 0 Å². The summed E-state index contributed by atoms with van der Waals surface area (Å²) in [6.07, 6.45) is 1.61. The number of fused-ring (bicyclic) bond motifs is 2. The molecular formula is C18H13ClO5. The number of aromatic hydroxyl groups is 1. The number of Topliss-reactive ketones (excluding diaryl/α,β-unsaturated/α-hetero) is 1. The Labute approximate surface area is 143 Å². The van der Waals surface area contributed by atoms with Gasteiger partial charge in [0, 0.05) is 22.2 Å². The van der Waals surface area contributed by atoms with E-state index in [0.717, 1.165) is 5.56 Å². The zero-order chi connectivity index (χ0) is 16.8. The molecule has 0 spiro atoms. The van der Waals surface area contributed by atoms with Gasteiger partial charge in [-0.1, -0.05) is 11.6 Å². The normalized spacial score (nSPS) is 17.2. The van der Waals surface area contributed by atoms with Gasteiger partial charge in [-0.25, -0.2) is 0 Å². The fourth-order valence-corrected chi connectivity index (χ4v) is 3.20. The molecule has 0 radical (unpaired) electrons. The highest BCUT2D eigenvalue weighted by Crippen LogP contribution is 2.39. The van der Waals surface area contributed by atoms with Crippen LogP contribution in [0.5, 0.6) is 17.2 Å². The van der Waals surface area contributed by atoms with Gasteiger partial charge in [0.2, 0.25) is 5.78 Å². The van der Waals surface area contributed by atoms with Crippen molar-refractivity contribution in [2.24, 2.45) is 0 Å². The van der Waals surface area contributed by atoms with E-state index < -0.39 is 0 Å². The predicted molar refractivity (Wildman–Crippen MR) is 87.5 cm³/mol. The molecule has 0 fully saturated rings. The second-order valence-electron chi connectivity index (χ2n) is 5.67. The topological polar surface area (TPSA) is 65.0 Å². The zero-order valence-electron chi connectivity index (χ0n) is 12.8. The van der Waals surface area contributed by atoms with Crippen LogP contribution in [0.1, 0.15) is 27.0 Å². The van der Waals surface area contributed by atoms with E-state index in [2.05, 4.69) is 0 Å². The Morgan fingerprint density at radius 1 is 1.25 bits per heavy atom. The third-order valence-corrected chi connectivity index (χ3v) is 4.16. The Morgan fingerprint density at radius 2 is 2.08 bits per heavy atom. The summed E-state index contributed by atoms with van der Waals surface area (Å²) in [5, 5.41) is 10.2. The number of carbonyl (C=O) groups is 1. The van der Waals surface area contributed by atoms with E-state index in [1.165, 1.54) is 12.1 Å². The van der Waals surface area contributed by atoms with Gasteiger partial charge in [0.15, 0.2) is 12.6 Å². The fraction of sp³-hybridized carbons (Fsp3) is 0.167. The number of phenolic OH excluding ortho intramolecular Hbond substituents is 1. The Balaban J connectivity index is 1.80. The largest absolute Gasteiger partial charge is 0.508 e. The summed E-state index contributed by atoms with van der Waals surface area (Å²) >= 11 is 6.14. The minimum Gasteiger partial charge on any atom is -0.508 e. The molecule has 0 saturated heterocycles. The van der Waals surface area contributed by atoms with Gasteiger partial charge in [-0.3, -0.25) is 4.79 Å². The Bertz CT molecular complexity index is 901. The molecule has 5 nitrogen and oxygen atoms in total. The minimum atomic E-state index is -0.233. The molecule has 24 heavy (non-hydrogen) atoms. The van der Waals surface area contributed by atoms with Crippen LogP contribution in [0.25, 0.3) is 6.08 Å². The van der Waals surface area contributed by atoms with Gasteiger partial charge in [-0.15, -0.1) is 0 Å². The maximum absolute atomic E-state index is 12.6. The lowest BCUT2D eigenvalue weighted by molar-refractivity contribution is -0.0165. The predicted octanol–water partition coefficient (Wildman–Crippen LogP) is 3.84. The first kappa shape index (κ1) is 15.1. The molecule has 0 amide bonds. The maximum atomic E-state index is 12.6. The van der Waals surface area contributed by atoms with Gasteiger partial charge < -0.3 is 19.3 Å². The van der Waals surface area contributed by atoms with Gasteiger partial charge in [0.25, 0.3) is 0 Å². The summed E-state index contributed by atoms with van der Waals surface area (Å²) in [7, 11) is 0. The second kappa shape index (κ2) is 5.54. The number of halogens is 1. The molecule has 2 aliphatic heterocycles. The molecule has 6 heteroatoms. The first-order valence-electron chi connectivity index (χ1n) is 7.34. The molecule has 0 atom stereocenters. The smallest absolute Gasteiger partial charge is 0.232 e. The molecule has 0 aromatic heterocycles. The monoisotopic (exact) mass is 344 g/mol. The number of carbonyl (C=O) groups excluding carboxylic acids is 1. The summed E-state index contributed by atoms with van der Waals surface area (Å²) < 4.78 is 16.4. The van der Waals surface area contributed by atoms with Crippen LogP contribution in [0, 0.1) is 6.92 Å². The van der Waals surface area contributed by atoms with Crippen molar-refractivity contribution in [2.75, 3.05) is 6.79 Å². The minimum absolute atomic E-state index is 0.0564. The summed E-state index contributed by atoms with van der Waals surface area (Å²) in [5.74, 6) is 0.969. The SMILES string of the molecule is Cc1cc(O)cc2c1C(=O)/C(=C/c1cc(Cl)cc3c1OCOC3)O2. The van der Waals surface area contributed by atoms with Crippen LogP contribution < -0.4 is 9.47 Å². The highest BCUT2D eigenvalue weighted by atomic mass is 35.5. The van der Waals surface area contributed by atoms with E-state index in [9.17, 15) is 9.90 Å². The summed E-state index contributed by atoms with van der Waals surface area (Å²) in [6.45, 7) is 2.30. The highest BCUT2D eigenvalue weighted by molar-refractivity contribution is 6.31. The molecule has 0 saturated carbocycles. The number of ether oxygens (including phenoxy) is 3. The summed E-state index contributed by atoms with van der Waals surface area (Å²) in [4.78, 5) is 12.6. The van der Waals surface area contributed by atoms with Crippen molar-refractivity contribution >= 4 is 23.5 Å². The number of allylic oxidation sites excluding steroid dienone is 1.